The summed E-state index contributed by atoms with van der Waals surface area (Å²) in [5.41, 5.74) is 0.683. The Morgan fingerprint density at radius 2 is 1.81 bits per heavy atom. The van der Waals surface area contributed by atoms with Crippen LogP contribution in [0.4, 0.5) is 5.69 Å². The van der Waals surface area contributed by atoms with Crippen LogP contribution in [0, 0.1) is 23.2 Å². The zero-order valence-corrected chi connectivity index (χ0v) is 15.4. The fourth-order valence-electron chi connectivity index (χ4n) is 6.30. The molecular weight excluding hydrogens is 326 g/mol. The third kappa shape index (κ3) is 3.02. The molecular formula is C22H29NO3. The van der Waals surface area contributed by atoms with Gasteiger partial charge in [0.25, 0.3) is 0 Å². The van der Waals surface area contributed by atoms with E-state index in [0.29, 0.717) is 6.61 Å². The number of carbonyl (C=O) groups is 1. The maximum absolute atomic E-state index is 13.3. The summed E-state index contributed by atoms with van der Waals surface area (Å²) in [6.45, 7) is 1.39. The van der Waals surface area contributed by atoms with Gasteiger partial charge >= 0.3 is 0 Å². The Labute approximate surface area is 155 Å². The highest BCUT2D eigenvalue weighted by molar-refractivity contribution is 5.96. The van der Waals surface area contributed by atoms with Crippen LogP contribution in [0.25, 0.3) is 0 Å². The summed E-state index contributed by atoms with van der Waals surface area (Å²) < 4.78 is 11.6. The van der Waals surface area contributed by atoms with Crippen molar-refractivity contribution in [3.8, 4) is 5.75 Å². The number of amides is 1. The molecule has 1 atom stereocenters. The van der Waals surface area contributed by atoms with E-state index in [1.807, 2.05) is 24.3 Å². The highest BCUT2D eigenvalue weighted by Gasteiger charge is 2.54. The molecule has 4 aliphatic carbocycles. The molecule has 1 heterocycles. The molecule has 1 aromatic rings. The first-order chi connectivity index (χ1) is 12.7. The monoisotopic (exact) mass is 355 g/mol. The van der Waals surface area contributed by atoms with E-state index in [2.05, 4.69) is 5.32 Å². The molecule has 26 heavy (non-hydrogen) atoms. The Morgan fingerprint density at radius 1 is 1.12 bits per heavy atom. The molecule has 1 saturated heterocycles. The second kappa shape index (κ2) is 6.56. The van der Waals surface area contributed by atoms with Crippen LogP contribution in [0.2, 0.25) is 0 Å². The molecule has 1 amide bonds. The van der Waals surface area contributed by atoms with Gasteiger partial charge in [0.15, 0.2) is 0 Å². The summed E-state index contributed by atoms with van der Waals surface area (Å²) in [4.78, 5) is 13.3. The number of para-hydroxylation sites is 2. The predicted molar refractivity (Wildman–Crippen MR) is 100 cm³/mol. The third-order valence-electron chi connectivity index (χ3n) is 7.10. The van der Waals surface area contributed by atoms with Crippen molar-refractivity contribution in [1.29, 1.82) is 0 Å². The van der Waals surface area contributed by atoms with Crippen LogP contribution in [-0.4, -0.2) is 25.2 Å². The van der Waals surface area contributed by atoms with Crippen molar-refractivity contribution in [2.24, 2.45) is 23.2 Å². The summed E-state index contributed by atoms with van der Waals surface area (Å²) in [5.74, 6) is 3.32. The molecule has 4 heteroatoms. The van der Waals surface area contributed by atoms with Crippen LogP contribution in [-0.2, 0) is 9.53 Å². The molecule has 4 nitrogen and oxygen atoms in total. The second-order valence-electron chi connectivity index (χ2n) is 9.09. The number of hydrogen-bond acceptors (Lipinski definition) is 3. The topological polar surface area (TPSA) is 47.6 Å². The van der Waals surface area contributed by atoms with Gasteiger partial charge in [0, 0.05) is 6.61 Å². The summed E-state index contributed by atoms with van der Waals surface area (Å²) in [6.07, 6.45) is 9.67. The van der Waals surface area contributed by atoms with Gasteiger partial charge in [-0.2, -0.15) is 0 Å². The first kappa shape index (κ1) is 16.6. The van der Waals surface area contributed by atoms with Crippen LogP contribution < -0.4 is 10.1 Å². The first-order valence-electron chi connectivity index (χ1n) is 10.4. The summed E-state index contributed by atoms with van der Waals surface area (Å²) in [5, 5.41) is 3.24. The Morgan fingerprint density at radius 3 is 2.46 bits per heavy atom. The Bertz CT molecular complexity index is 644. The predicted octanol–water partition coefficient (Wildman–Crippen LogP) is 4.40. The van der Waals surface area contributed by atoms with Crippen molar-refractivity contribution >= 4 is 11.6 Å². The Balaban J connectivity index is 1.29. The van der Waals surface area contributed by atoms with Crippen LogP contribution in [0.15, 0.2) is 24.3 Å². The van der Waals surface area contributed by atoms with Gasteiger partial charge in [-0.3, -0.25) is 4.79 Å². The van der Waals surface area contributed by atoms with E-state index in [1.165, 1.54) is 19.3 Å². The molecule has 0 aromatic heterocycles. The van der Waals surface area contributed by atoms with E-state index < -0.39 is 0 Å². The Kier molecular flexibility index (Phi) is 4.19. The van der Waals surface area contributed by atoms with Crippen molar-refractivity contribution in [3.05, 3.63) is 24.3 Å². The fraction of sp³-hybridized carbons (Fsp3) is 0.682. The van der Waals surface area contributed by atoms with Gasteiger partial charge in [0.2, 0.25) is 5.91 Å². The van der Waals surface area contributed by atoms with Gasteiger partial charge < -0.3 is 14.8 Å². The number of anilines is 1. The molecule has 1 aromatic carbocycles. The van der Waals surface area contributed by atoms with Gasteiger partial charge in [0.1, 0.15) is 12.4 Å². The van der Waals surface area contributed by atoms with Gasteiger partial charge in [-0.15, -0.1) is 0 Å². The lowest BCUT2D eigenvalue weighted by Gasteiger charge is -2.55. The second-order valence-corrected chi connectivity index (χ2v) is 9.09. The summed E-state index contributed by atoms with van der Waals surface area (Å²) in [6, 6.07) is 7.84. The van der Waals surface area contributed by atoms with E-state index in [4.69, 9.17) is 9.47 Å². The van der Waals surface area contributed by atoms with E-state index in [0.717, 1.165) is 67.9 Å². The van der Waals surface area contributed by atoms with Crippen LogP contribution >= 0.6 is 0 Å². The van der Waals surface area contributed by atoms with E-state index >= 15 is 0 Å². The minimum absolute atomic E-state index is 0.129. The number of benzene rings is 1. The van der Waals surface area contributed by atoms with Crippen LogP contribution in [0.1, 0.15) is 51.4 Å². The van der Waals surface area contributed by atoms with Crippen molar-refractivity contribution in [3.63, 3.8) is 0 Å². The maximum atomic E-state index is 13.3. The summed E-state index contributed by atoms with van der Waals surface area (Å²) >= 11 is 0. The smallest absolute Gasteiger partial charge is 0.230 e. The standard InChI is InChI=1S/C22H29NO3/c24-21(22-11-15-8-16(12-22)10-17(9-15)13-22)23-19-5-1-2-6-20(19)26-14-18-4-3-7-25-18/h1-2,5-6,15-18H,3-4,7-14H2,(H,23,24)/t15?,16?,17?,18-,22?/m1/s1. The number of ether oxygens (including phenoxy) is 2. The van der Waals surface area contributed by atoms with Gasteiger partial charge in [0.05, 0.1) is 17.2 Å². The average molecular weight is 355 g/mol. The molecule has 5 fully saturated rings. The zero-order chi connectivity index (χ0) is 17.6. The quantitative estimate of drug-likeness (QED) is 0.852. The molecule has 1 N–H and O–H groups in total. The number of rotatable bonds is 5. The van der Waals surface area contributed by atoms with Crippen molar-refractivity contribution in [1.82, 2.24) is 0 Å². The van der Waals surface area contributed by atoms with Crippen molar-refractivity contribution in [2.75, 3.05) is 18.5 Å². The molecule has 0 spiro atoms. The van der Waals surface area contributed by atoms with Gasteiger partial charge in [-0.25, -0.2) is 0 Å². The van der Waals surface area contributed by atoms with E-state index in [-0.39, 0.29) is 17.4 Å². The minimum Gasteiger partial charge on any atom is -0.489 e. The highest BCUT2D eigenvalue weighted by Crippen LogP contribution is 2.60. The fourth-order valence-corrected chi connectivity index (χ4v) is 6.30. The molecule has 5 aliphatic rings. The third-order valence-corrected chi connectivity index (χ3v) is 7.10. The van der Waals surface area contributed by atoms with E-state index in [9.17, 15) is 4.79 Å². The largest absolute Gasteiger partial charge is 0.489 e. The highest BCUT2D eigenvalue weighted by atomic mass is 16.5. The van der Waals surface area contributed by atoms with Gasteiger partial charge in [-0.05, 0) is 81.3 Å². The Hall–Kier alpha value is -1.55. The number of carbonyl (C=O) groups excluding carboxylic acids is 1. The lowest BCUT2D eigenvalue weighted by atomic mass is 9.49. The molecule has 4 saturated carbocycles. The van der Waals surface area contributed by atoms with Crippen molar-refractivity contribution < 1.29 is 14.3 Å². The first-order valence-corrected chi connectivity index (χ1v) is 10.4. The van der Waals surface area contributed by atoms with Crippen LogP contribution in [0.3, 0.4) is 0 Å². The SMILES string of the molecule is O=C(Nc1ccccc1OC[C@H]1CCCO1)C12CC3CC(CC(C3)C1)C2. The normalized spacial score (nSPS) is 37.7. The van der Waals surface area contributed by atoms with E-state index in [1.54, 1.807) is 0 Å². The van der Waals surface area contributed by atoms with Crippen LogP contribution in [0.5, 0.6) is 5.75 Å². The lowest BCUT2D eigenvalue weighted by Crippen LogP contribution is -2.51. The summed E-state index contributed by atoms with van der Waals surface area (Å²) in [7, 11) is 0. The van der Waals surface area contributed by atoms with Gasteiger partial charge in [-0.1, -0.05) is 12.1 Å². The van der Waals surface area contributed by atoms with Crippen molar-refractivity contribution in [2.45, 2.75) is 57.5 Å². The lowest BCUT2D eigenvalue weighted by molar-refractivity contribution is -0.140. The zero-order valence-electron chi connectivity index (χ0n) is 15.4. The maximum Gasteiger partial charge on any atom is 0.230 e. The minimum atomic E-state index is -0.129. The molecule has 0 unspecified atom stereocenters. The molecule has 140 valence electrons. The molecule has 4 bridgehead atoms. The molecule has 0 radical (unpaired) electrons. The number of hydrogen-bond donors (Lipinski definition) is 1. The molecule has 6 rings (SSSR count). The average Bonchev–Trinajstić information content (AvgIpc) is 3.13. The molecule has 1 aliphatic heterocycles. The number of nitrogens with one attached hydrogen (secondary N) is 1.